The van der Waals surface area contributed by atoms with E-state index < -0.39 is 0 Å². The van der Waals surface area contributed by atoms with Gasteiger partial charge in [-0.3, -0.25) is 0 Å². The predicted molar refractivity (Wildman–Crippen MR) is 46.6 cm³/mol. The van der Waals surface area contributed by atoms with Crippen molar-refractivity contribution in [2.24, 2.45) is 0 Å². The standard InChI is InChI=1S/C10H12FN/c11-10-4-2-1-3-9(10)8-5-6-12-7-8/h1-4,8,12H,5-7H2/t8-/m0/s1. The van der Waals surface area contributed by atoms with Crippen LogP contribution in [0.4, 0.5) is 4.39 Å². The Kier molecular flexibility index (Phi) is 2.09. The van der Waals surface area contributed by atoms with Crippen LogP contribution in [0, 0.1) is 5.82 Å². The molecular weight excluding hydrogens is 153 g/mol. The van der Waals surface area contributed by atoms with Gasteiger partial charge in [0.15, 0.2) is 0 Å². The normalized spacial score (nSPS) is 22.9. The first kappa shape index (κ1) is 7.74. The third kappa shape index (κ3) is 1.34. The Morgan fingerprint density at radius 2 is 2.17 bits per heavy atom. The van der Waals surface area contributed by atoms with Gasteiger partial charge in [0, 0.05) is 12.5 Å². The molecule has 1 aliphatic rings. The van der Waals surface area contributed by atoms with Gasteiger partial charge in [0.2, 0.25) is 0 Å². The lowest BCUT2D eigenvalue weighted by Crippen LogP contribution is -2.08. The van der Waals surface area contributed by atoms with Crippen molar-refractivity contribution in [3.05, 3.63) is 35.6 Å². The highest BCUT2D eigenvalue weighted by Gasteiger charge is 2.18. The summed E-state index contributed by atoms with van der Waals surface area (Å²) in [5.74, 6) is 0.317. The van der Waals surface area contributed by atoms with Crippen LogP contribution >= 0.6 is 0 Å². The second kappa shape index (κ2) is 3.23. The van der Waals surface area contributed by atoms with E-state index in [2.05, 4.69) is 5.32 Å². The van der Waals surface area contributed by atoms with Gasteiger partial charge >= 0.3 is 0 Å². The van der Waals surface area contributed by atoms with Crippen LogP contribution in [-0.2, 0) is 0 Å². The van der Waals surface area contributed by atoms with Crippen LogP contribution in [0.3, 0.4) is 0 Å². The summed E-state index contributed by atoms with van der Waals surface area (Å²) in [6.45, 7) is 1.93. The zero-order valence-corrected chi connectivity index (χ0v) is 6.89. The van der Waals surface area contributed by atoms with E-state index in [4.69, 9.17) is 0 Å². The molecule has 1 aliphatic heterocycles. The fourth-order valence-electron chi connectivity index (χ4n) is 1.73. The van der Waals surface area contributed by atoms with Crippen molar-refractivity contribution in [1.29, 1.82) is 0 Å². The summed E-state index contributed by atoms with van der Waals surface area (Å²) in [7, 11) is 0. The van der Waals surface area contributed by atoms with Gasteiger partial charge in [-0.15, -0.1) is 0 Å². The summed E-state index contributed by atoms with van der Waals surface area (Å²) in [6, 6.07) is 7.05. The van der Waals surface area contributed by atoms with Crippen molar-refractivity contribution in [2.45, 2.75) is 12.3 Å². The fourth-order valence-corrected chi connectivity index (χ4v) is 1.73. The lowest BCUT2D eigenvalue weighted by atomic mass is 9.98. The van der Waals surface area contributed by atoms with Gasteiger partial charge in [-0.1, -0.05) is 18.2 Å². The lowest BCUT2D eigenvalue weighted by molar-refractivity contribution is 0.588. The number of hydrogen-bond acceptors (Lipinski definition) is 1. The fraction of sp³-hybridized carbons (Fsp3) is 0.400. The molecule has 0 saturated carbocycles. The highest BCUT2D eigenvalue weighted by molar-refractivity contribution is 5.22. The second-order valence-corrected chi connectivity index (χ2v) is 3.21. The van der Waals surface area contributed by atoms with E-state index in [9.17, 15) is 4.39 Å². The average Bonchev–Trinajstić information content (AvgIpc) is 2.57. The van der Waals surface area contributed by atoms with Gasteiger partial charge in [-0.2, -0.15) is 0 Å². The predicted octanol–water partition coefficient (Wildman–Crippen LogP) is 1.90. The molecule has 1 N–H and O–H groups in total. The minimum Gasteiger partial charge on any atom is -0.316 e. The van der Waals surface area contributed by atoms with E-state index in [1.165, 1.54) is 6.07 Å². The third-order valence-electron chi connectivity index (χ3n) is 2.41. The molecular formula is C10H12FN. The first-order valence-electron chi connectivity index (χ1n) is 4.33. The summed E-state index contributed by atoms with van der Waals surface area (Å²) in [5, 5.41) is 3.23. The van der Waals surface area contributed by atoms with Crippen molar-refractivity contribution in [3.63, 3.8) is 0 Å². The molecule has 1 nitrogen and oxygen atoms in total. The smallest absolute Gasteiger partial charge is 0.126 e. The van der Waals surface area contributed by atoms with Gasteiger partial charge in [0.1, 0.15) is 5.82 Å². The average molecular weight is 165 g/mol. The molecule has 1 atom stereocenters. The summed E-state index contributed by atoms with van der Waals surface area (Å²) in [5.41, 5.74) is 0.863. The van der Waals surface area contributed by atoms with Crippen LogP contribution in [0.1, 0.15) is 17.9 Å². The number of rotatable bonds is 1. The number of nitrogens with one attached hydrogen (secondary N) is 1. The van der Waals surface area contributed by atoms with E-state index in [0.717, 1.165) is 25.1 Å². The quantitative estimate of drug-likeness (QED) is 0.670. The maximum Gasteiger partial charge on any atom is 0.126 e. The first-order chi connectivity index (χ1) is 5.88. The Hall–Kier alpha value is -0.890. The van der Waals surface area contributed by atoms with Crippen LogP contribution in [0.5, 0.6) is 0 Å². The Labute approximate surface area is 71.6 Å². The topological polar surface area (TPSA) is 12.0 Å². The third-order valence-corrected chi connectivity index (χ3v) is 2.41. The molecule has 64 valence electrons. The molecule has 0 bridgehead atoms. The summed E-state index contributed by atoms with van der Waals surface area (Å²) in [6.07, 6.45) is 1.06. The molecule has 0 amide bonds. The minimum absolute atomic E-state index is 0.0637. The molecule has 1 fully saturated rings. The van der Waals surface area contributed by atoms with Gasteiger partial charge < -0.3 is 5.32 Å². The van der Waals surface area contributed by atoms with Crippen molar-refractivity contribution >= 4 is 0 Å². The van der Waals surface area contributed by atoms with E-state index in [1.807, 2.05) is 12.1 Å². The molecule has 1 saturated heterocycles. The van der Waals surface area contributed by atoms with Crippen molar-refractivity contribution in [3.8, 4) is 0 Å². The van der Waals surface area contributed by atoms with Crippen LogP contribution in [0.25, 0.3) is 0 Å². The van der Waals surface area contributed by atoms with Crippen LogP contribution in [0.15, 0.2) is 24.3 Å². The Morgan fingerprint density at radius 1 is 1.33 bits per heavy atom. The van der Waals surface area contributed by atoms with Gasteiger partial charge in [-0.25, -0.2) is 4.39 Å². The molecule has 0 radical (unpaired) electrons. The van der Waals surface area contributed by atoms with Gasteiger partial charge in [0.05, 0.1) is 0 Å². The SMILES string of the molecule is Fc1ccccc1[C@H]1CCNC1. The summed E-state index contributed by atoms with van der Waals surface area (Å²) >= 11 is 0. The molecule has 0 aromatic heterocycles. The molecule has 12 heavy (non-hydrogen) atoms. The maximum absolute atomic E-state index is 13.2. The highest BCUT2D eigenvalue weighted by Crippen LogP contribution is 2.24. The molecule has 0 spiro atoms. The Bertz CT molecular complexity index is 266. The van der Waals surface area contributed by atoms with Crippen molar-refractivity contribution in [1.82, 2.24) is 5.32 Å². The Morgan fingerprint density at radius 3 is 2.83 bits per heavy atom. The zero-order valence-electron chi connectivity index (χ0n) is 6.89. The molecule has 0 unspecified atom stereocenters. The van der Waals surface area contributed by atoms with Crippen LogP contribution < -0.4 is 5.32 Å². The zero-order chi connectivity index (χ0) is 8.39. The molecule has 1 aromatic rings. The molecule has 1 heterocycles. The summed E-state index contributed by atoms with van der Waals surface area (Å²) < 4.78 is 13.2. The lowest BCUT2D eigenvalue weighted by Gasteiger charge is -2.08. The molecule has 2 rings (SSSR count). The first-order valence-corrected chi connectivity index (χ1v) is 4.33. The van der Waals surface area contributed by atoms with E-state index in [1.54, 1.807) is 6.07 Å². The Balaban J connectivity index is 2.26. The molecule has 1 aromatic carbocycles. The van der Waals surface area contributed by atoms with Crippen molar-refractivity contribution < 1.29 is 4.39 Å². The molecule has 2 heteroatoms. The monoisotopic (exact) mass is 165 g/mol. The van der Waals surface area contributed by atoms with Crippen LogP contribution in [-0.4, -0.2) is 13.1 Å². The number of hydrogen-bond donors (Lipinski definition) is 1. The van der Waals surface area contributed by atoms with Crippen LogP contribution in [0.2, 0.25) is 0 Å². The van der Waals surface area contributed by atoms with E-state index in [-0.39, 0.29) is 5.82 Å². The maximum atomic E-state index is 13.2. The summed E-state index contributed by atoms with van der Waals surface area (Å²) in [4.78, 5) is 0. The second-order valence-electron chi connectivity index (χ2n) is 3.21. The van der Waals surface area contributed by atoms with E-state index in [0.29, 0.717) is 5.92 Å². The molecule has 0 aliphatic carbocycles. The highest BCUT2D eigenvalue weighted by atomic mass is 19.1. The van der Waals surface area contributed by atoms with E-state index >= 15 is 0 Å². The van der Waals surface area contributed by atoms with Crippen molar-refractivity contribution in [2.75, 3.05) is 13.1 Å². The number of halogens is 1. The van der Waals surface area contributed by atoms with Gasteiger partial charge in [-0.05, 0) is 24.6 Å². The minimum atomic E-state index is -0.0637. The number of benzene rings is 1. The van der Waals surface area contributed by atoms with Gasteiger partial charge in [0.25, 0.3) is 0 Å². The largest absolute Gasteiger partial charge is 0.316 e.